The van der Waals surface area contributed by atoms with Gasteiger partial charge in [0.25, 0.3) is 0 Å². The largest absolute Gasteiger partial charge is 0.365 e. The molecule has 0 bridgehead atoms. The molecule has 1 spiro atoms. The molecule has 174 valence electrons. The Balaban J connectivity index is 1.32. The Morgan fingerprint density at radius 1 is 1.03 bits per heavy atom. The third-order valence-corrected chi connectivity index (χ3v) is 11.5. The van der Waals surface area contributed by atoms with Crippen molar-refractivity contribution >= 4 is 0 Å². The second kappa shape index (κ2) is 7.66. The van der Waals surface area contributed by atoms with Crippen molar-refractivity contribution in [3.63, 3.8) is 0 Å². The Labute approximate surface area is 189 Å². The Bertz CT molecular complexity index is 747. The summed E-state index contributed by atoms with van der Waals surface area (Å²) in [4.78, 5) is 3.13. The van der Waals surface area contributed by atoms with E-state index in [-0.39, 0.29) is 11.6 Å². The fourth-order valence-corrected chi connectivity index (χ4v) is 9.85. The SMILES string of the molecule is CC(C)CCCC(C)[C@H]1CC[C@H]2[C@@H]3C[C@@H]4OC45CC(N=[N+]=[N-])CC[C@]5(C)[C@H]3CC[C@]12C. The van der Waals surface area contributed by atoms with Gasteiger partial charge in [0.1, 0.15) is 5.60 Å². The molecule has 0 aromatic rings. The molecule has 0 N–H and O–H groups in total. The molecule has 3 unspecified atom stereocenters. The van der Waals surface area contributed by atoms with Gasteiger partial charge >= 0.3 is 0 Å². The molecule has 1 saturated heterocycles. The summed E-state index contributed by atoms with van der Waals surface area (Å²) in [6, 6.07) is 0.149. The third kappa shape index (κ3) is 3.22. The van der Waals surface area contributed by atoms with Crippen LogP contribution < -0.4 is 0 Å². The fourth-order valence-electron chi connectivity index (χ4n) is 9.85. The first-order valence-corrected chi connectivity index (χ1v) is 13.5. The highest BCUT2D eigenvalue weighted by Crippen LogP contribution is 2.74. The number of epoxide rings is 1. The zero-order valence-electron chi connectivity index (χ0n) is 20.6. The van der Waals surface area contributed by atoms with E-state index in [0.717, 1.165) is 48.3 Å². The van der Waals surface area contributed by atoms with E-state index in [0.29, 0.717) is 16.9 Å². The van der Waals surface area contributed by atoms with Gasteiger partial charge in [0.15, 0.2) is 0 Å². The Morgan fingerprint density at radius 2 is 1.84 bits per heavy atom. The van der Waals surface area contributed by atoms with Crippen molar-refractivity contribution in [3.8, 4) is 0 Å². The predicted molar refractivity (Wildman–Crippen MR) is 126 cm³/mol. The summed E-state index contributed by atoms with van der Waals surface area (Å²) >= 11 is 0. The van der Waals surface area contributed by atoms with Crippen LogP contribution in [0, 0.1) is 46.3 Å². The second-order valence-corrected chi connectivity index (χ2v) is 13.2. The molecule has 4 saturated carbocycles. The van der Waals surface area contributed by atoms with E-state index >= 15 is 0 Å². The monoisotopic (exact) mass is 427 g/mol. The third-order valence-electron chi connectivity index (χ3n) is 11.5. The van der Waals surface area contributed by atoms with Crippen LogP contribution in [-0.4, -0.2) is 17.7 Å². The minimum absolute atomic E-state index is 0.0289. The average molecular weight is 428 g/mol. The number of hydrogen-bond acceptors (Lipinski definition) is 2. The number of hydrogen-bond donors (Lipinski definition) is 0. The fraction of sp³-hybridized carbons (Fsp3) is 1.00. The van der Waals surface area contributed by atoms with Crippen molar-refractivity contribution in [2.24, 2.45) is 51.5 Å². The lowest BCUT2D eigenvalue weighted by molar-refractivity contribution is -0.102. The van der Waals surface area contributed by atoms with Crippen LogP contribution in [0.2, 0.25) is 0 Å². The Kier molecular flexibility index (Phi) is 5.45. The van der Waals surface area contributed by atoms with E-state index in [1.165, 1.54) is 57.8 Å². The lowest BCUT2D eigenvalue weighted by Gasteiger charge is -2.59. The van der Waals surface area contributed by atoms with Gasteiger partial charge in [-0.1, -0.05) is 59.0 Å². The summed E-state index contributed by atoms with van der Waals surface area (Å²) in [5.41, 5.74) is 9.84. The zero-order valence-corrected chi connectivity index (χ0v) is 20.6. The number of fused-ring (bicyclic) bond motifs is 4. The molecule has 4 aliphatic carbocycles. The number of rotatable bonds is 6. The summed E-state index contributed by atoms with van der Waals surface area (Å²) in [5.74, 6) is 5.20. The minimum Gasteiger partial charge on any atom is -0.365 e. The maximum absolute atomic E-state index is 8.96. The van der Waals surface area contributed by atoms with Crippen molar-refractivity contribution in [1.82, 2.24) is 0 Å². The first kappa shape index (κ1) is 22.1. The van der Waals surface area contributed by atoms with E-state index in [1.807, 2.05) is 0 Å². The van der Waals surface area contributed by atoms with E-state index in [2.05, 4.69) is 44.6 Å². The van der Waals surface area contributed by atoms with Crippen molar-refractivity contribution in [1.29, 1.82) is 0 Å². The number of ether oxygens (including phenoxy) is 1. The molecule has 0 radical (unpaired) electrons. The standard InChI is InChI=1S/C27H45N3O/c1-17(2)7-6-8-18(3)21-9-10-22-20-15-24-27(31-24)16-19(29-30-28)11-14-26(27,5)23(20)12-13-25(21,22)4/h17-24H,6-16H2,1-5H3/t18?,19?,20-,21+,22-,23-,24-,25+,26+,27?/m0/s1. The molecule has 4 nitrogen and oxygen atoms in total. The Hall–Kier alpha value is -0.730. The Morgan fingerprint density at radius 3 is 2.58 bits per heavy atom. The van der Waals surface area contributed by atoms with Crippen molar-refractivity contribution in [3.05, 3.63) is 10.4 Å². The predicted octanol–water partition coefficient (Wildman–Crippen LogP) is 7.92. The number of nitrogens with zero attached hydrogens (tertiary/aromatic N) is 3. The van der Waals surface area contributed by atoms with Crippen LogP contribution in [0.15, 0.2) is 5.11 Å². The van der Waals surface area contributed by atoms with Gasteiger partial charge in [-0.05, 0) is 97.8 Å². The van der Waals surface area contributed by atoms with Crippen molar-refractivity contribution in [2.75, 3.05) is 0 Å². The highest BCUT2D eigenvalue weighted by molar-refractivity contribution is 5.24. The van der Waals surface area contributed by atoms with E-state index in [4.69, 9.17) is 10.3 Å². The molecule has 0 amide bonds. The molecule has 5 aliphatic rings. The van der Waals surface area contributed by atoms with Gasteiger partial charge in [-0.15, -0.1) is 0 Å². The van der Waals surface area contributed by atoms with Crippen LogP contribution in [0.5, 0.6) is 0 Å². The van der Waals surface area contributed by atoms with Gasteiger partial charge in [0, 0.05) is 16.4 Å². The highest BCUT2D eigenvalue weighted by atomic mass is 16.6. The molecule has 5 fully saturated rings. The van der Waals surface area contributed by atoms with Crippen LogP contribution in [0.25, 0.3) is 10.4 Å². The van der Waals surface area contributed by atoms with Gasteiger partial charge in [-0.2, -0.15) is 0 Å². The van der Waals surface area contributed by atoms with Gasteiger partial charge in [-0.3, -0.25) is 0 Å². The topological polar surface area (TPSA) is 61.3 Å². The van der Waals surface area contributed by atoms with Gasteiger partial charge in [-0.25, -0.2) is 0 Å². The molecule has 0 aromatic heterocycles. The summed E-state index contributed by atoms with van der Waals surface area (Å²) in [5, 5.41) is 4.11. The molecule has 1 aliphatic heterocycles. The van der Waals surface area contributed by atoms with Crippen LogP contribution >= 0.6 is 0 Å². The van der Waals surface area contributed by atoms with E-state index in [9.17, 15) is 0 Å². The average Bonchev–Trinajstić information content (AvgIpc) is 3.29. The summed E-state index contributed by atoms with van der Waals surface area (Å²) < 4.78 is 6.59. The maximum atomic E-state index is 8.96. The van der Waals surface area contributed by atoms with Crippen LogP contribution in [0.4, 0.5) is 0 Å². The van der Waals surface area contributed by atoms with Crippen LogP contribution in [0.3, 0.4) is 0 Å². The molecule has 4 heteroatoms. The molecular weight excluding hydrogens is 382 g/mol. The molecule has 5 rings (SSSR count). The number of azide groups is 1. The van der Waals surface area contributed by atoms with Gasteiger partial charge in [0.05, 0.1) is 6.10 Å². The first-order chi connectivity index (χ1) is 14.7. The summed E-state index contributed by atoms with van der Waals surface area (Å²) in [7, 11) is 0. The maximum Gasteiger partial charge on any atom is 0.101 e. The zero-order chi connectivity index (χ0) is 22.0. The van der Waals surface area contributed by atoms with Gasteiger partial charge < -0.3 is 4.74 Å². The highest BCUT2D eigenvalue weighted by Gasteiger charge is 2.76. The summed E-state index contributed by atoms with van der Waals surface area (Å²) in [6.45, 7) is 12.5. The lowest BCUT2D eigenvalue weighted by Crippen LogP contribution is -2.58. The molecule has 10 atom stereocenters. The molecule has 1 heterocycles. The van der Waals surface area contributed by atoms with Gasteiger partial charge in [0.2, 0.25) is 0 Å². The van der Waals surface area contributed by atoms with Crippen LogP contribution in [0.1, 0.15) is 105 Å². The smallest absolute Gasteiger partial charge is 0.101 e. The normalized spacial score (nSPS) is 51.2. The lowest BCUT2D eigenvalue weighted by atomic mass is 9.44. The van der Waals surface area contributed by atoms with E-state index < -0.39 is 0 Å². The quantitative estimate of drug-likeness (QED) is 0.184. The summed E-state index contributed by atoms with van der Waals surface area (Å²) in [6.07, 6.45) is 14.9. The van der Waals surface area contributed by atoms with Crippen LogP contribution in [-0.2, 0) is 4.74 Å². The van der Waals surface area contributed by atoms with E-state index in [1.54, 1.807) is 0 Å². The second-order valence-electron chi connectivity index (χ2n) is 13.2. The minimum atomic E-state index is 0.0289. The molecule has 31 heavy (non-hydrogen) atoms. The molecular formula is C27H45N3O. The first-order valence-electron chi connectivity index (χ1n) is 13.5. The molecule has 0 aromatic carbocycles. The van der Waals surface area contributed by atoms with Crippen molar-refractivity contribution < 1.29 is 4.74 Å². The van der Waals surface area contributed by atoms with Crippen molar-refractivity contribution in [2.45, 2.75) is 123 Å².